The number of anilines is 1. The average Bonchev–Trinajstić information content (AvgIpc) is 3.23. The van der Waals surface area contributed by atoms with E-state index in [-0.39, 0.29) is 23.6 Å². The highest BCUT2D eigenvalue weighted by molar-refractivity contribution is 7.99. The summed E-state index contributed by atoms with van der Waals surface area (Å²) in [6.45, 7) is 10.3. The van der Waals surface area contributed by atoms with Gasteiger partial charge in [0.1, 0.15) is 0 Å². The average molecular weight is 512 g/mol. The number of carbonyl (C=O) groups is 2. The summed E-state index contributed by atoms with van der Waals surface area (Å²) in [5.41, 5.74) is 2.07. The Morgan fingerprint density at radius 2 is 1.89 bits per heavy atom. The third kappa shape index (κ3) is 7.19. The summed E-state index contributed by atoms with van der Waals surface area (Å²) in [7, 11) is 0. The molecule has 7 nitrogen and oxygen atoms in total. The highest BCUT2D eigenvalue weighted by Crippen LogP contribution is 2.27. The summed E-state index contributed by atoms with van der Waals surface area (Å²) in [5, 5.41) is 15.9. The number of halogens is 1. The maximum absolute atomic E-state index is 12.9. The SMILES string of the molecule is C=CCn1c(SCC(=O)Nc2cccc(Cl)c2C)nnc1C(CC(C)C)NC(=O)c1ccccc1. The van der Waals surface area contributed by atoms with Gasteiger partial charge >= 0.3 is 0 Å². The molecule has 1 heterocycles. The van der Waals surface area contributed by atoms with Gasteiger partial charge < -0.3 is 15.2 Å². The van der Waals surface area contributed by atoms with Crippen LogP contribution in [0.2, 0.25) is 5.02 Å². The maximum Gasteiger partial charge on any atom is 0.251 e. The van der Waals surface area contributed by atoms with Gasteiger partial charge in [-0.2, -0.15) is 0 Å². The van der Waals surface area contributed by atoms with Gasteiger partial charge in [0, 0.05) is 22.8 Å². The van der Waals surface area contributed by atoms with Crippen LogP contribution in [0.1, 0.15) is 48.1 Å². The van der Waals surface area contributed by atoms with Crippen molar-refractivity contribution in [2.24, 2.45) is 5.92 Å². The minimum atomic E-state index is -0.340. The van der Waals surface area contributed by atoms with E-state index in [0.29, 0.717) is 46.1 Å². The van der Waals surface area contributed by atoms with Gasteiger partial charge in [0.15, 0.2) is 11.0 Å². The Hall–Kier alpha value is -3.10. The lowest BCUT2D eigenvalue weighted by Gasteiger charge is -2.21. The minimum absolute atomic E-state index is 0.145. The fourth-order valence-electron chi connectivity index (χ4n) is 3.56. The second-order valence-electron chi connectivity index (χ2n) is 8.51. The molecule has 3 aromatic rings. The van der Waals surface area contributed by atoms with E-state index in [0.717, 1.165) is 5.56 Å². The number of benzene rings is 2. The van der Waals surface area contributed by atoms with Gasteiger partial charge in [-0.3, -0.25) is 9.59 Å². The van der Waals surface area contributed by atoms with Crippen molar-refractivity contribution in [1.29, 1.82) is 0 Å². The van der Waals surface area contributed by atoms with Gasteiger partial charge in [-0.1, -0.05) is 67.6 Å². The van der Waals surface area contributed by atoms with Gasteiger partial charge in [-0.05, 0) is 49.1 Å². The fourth-order valence-corrected chi connectivity index (χ4v) is 4.49. The van der Waals surface area contributed by atoms with Crippen LogP contribution in [0.3, 0.4) is 0 Å². The lowest BCUT2D eigenvalue weighted by Crippen LogP contribution is -2.31. The first-order valence-corrected chi connectivity index (χ1v) is 12.7. The molecule has 9 heteroatoms. The Labute approximate surface area is 215 Å². The van der Waals surface area contributed by atoms with Crippen molar-refractivity contribution in [3.8, 4) is 0 Å². The van der Waals surface area contributed by atoms with E-state index < -0.39 is 0 Å². The zero-order valence-electron chi connectivity index (χ0n) is 20.1. The van der Waals surface area contributed by atoms with E-state index in [2.05, 4.69) is 41.3 Å². The molecular formula is C26H30ClN5O2S. The first-order valence-electron chi connectivity index (χ1n) is 11.4. The smallest absolute Gasteiger partial charge is 0.251 e. The number of hydrogen-bond donors (Lipinski definition) is 2. The summed E-state index contributed by atoms with van der Waals surface area (Å²) in [6, 6.07) is 14.1. The molecule has 2 N–H and O–H groups in total. The quantitative estimate of drug-likeness (QED) is 0.255. The number of aromatic nitrogens is 3. The zero-order chi connectivity index (χ0) is 25.4. The minimum Gasteiger partial charge on any atom is -0.342 e. The van der Waals surface area contributed by atoms with Crippen molar-refractivity contribution >= 4 is 40.9 Å². The standard InChI is InChI=1S/C26H30ClN5O2S/c1-5-14-32-24(22(15-17(2)3)29-25(34)19-10-7-6-8-11-19)30-31-26(32)35-16-23(33)28-21-13-9-12-20(27)18(21)4/h5-13,17,22H,1,14-16H2,2-4H3,(H,28,33)(H,29,34). The molecule has 0 aliphatic carbocycles. The molecule has 0 saturated heterocycles. The van der Waals surface area contributed by atoms with Crippen LogP contribution in [0, 0.1) is 12.8 Å². The largest absolute Gasteiger partial charge is 0.342 e. The third-order valence-corrected chi connectivity index (χ3v) is 6.67. The third-order valence-electron chi connectivity index (χ3n) is 5.29. The van der Waals surface area contributed by atoms with E-state index in [1.165, 1.54) is 11.8 Å². The number of hydrogen-bond acceptors (Lipinski definition) is 5. The number of rotatable bonds is 11. The Morgan fingerprint density at radius 1 is 1.14 bits per heavy atom. The molecule has 0 radical (unpaired) electrons. The van der Waals surface area contributed by atoms with Crippen LogP contribution in [-0.2, 0) is 11.3 Å². The van der Waals surface area contributed by atoms with Gasteiger partial charge in [-0.15, -0.1) is 16.8 Å². The van der Waals surface area contributed by atoms with E-state index in [9.17, 15) is 9.59 Å². The zero-order valence-corrected chi connectivity index (χ0v) is 21.7. The molecule has 1 aromatic heterocycles. The predicted octanol–water partition coefficient (Wildman–Crippen LogP) is 5.67. The van der Waals surface area contributed by atoms with Crippen LogP contribution in [0.25, 0.3) is 0 Å². The lowest BCUT2D eigenvalue weighted by atomic mass is 10.0. The first kappa shape index (κ1) is 26.5. The molecule has 35 heavy (non-hydrogen) atoms. The van der Waals surface area contributed by atoms with Crippen LogP contribution >= 0.6 is 23.4 Å². The van der Waals surface area contributed by atoms with E-state index >= 15 is 0 Å². The summed E-state index contributed by atoms with van der Waals surface area (Å²) in [5.74, 6) is 0.747. The topological polar surface area (TPSA) is 88.9 Å². The molecule has 0 aliphatic rings. The number of amides is 2. The summed E-state index contributed by atoms with van der Waals surface area (Å²) >= 11 is 7.43. The molecule has 0 bridgehead atoms. The summed E-state index contributed by atoms with van der Waals surface area (Å²) in [6.07, 6.45) is 2.44. The number of allylic oxidation sites excluding steroid dienone is 1. The molecule has 0 spiro atoms. The monoisotopic (exact) mass is 511 g/mol. The van der Waals surface area contributed by atoms with Gasteiger partial charge in [0.05, 0.1) is 11.8 Å². The highest BCUT2D eigenvalue weighted by Gasteiger charge is 2.24. The Bertz CT molecular complexity index is 1180. The second kappa shape index (κ2) is 12.6. The number of thioether (sulfide) groups is 1. The van der Waals surface area contributed by atoms with E-state index in [1.807, 2.05) is 35.8 Å². The summed E-state index contributed by atoms with van der Waals surface area (Å²) < 4.78 is 1.90. The number of carbonyl (C=O) groups excluding carboxylic acids is 2. The molecule has 0 aliphatic heterocycles. The van der Waals surface area contributed by atoms with Gasteiger partial charge in [-0.25, -0.2) is 0 Å². The van der Waals surface area contributed by atoms with Crippen LogP contribution in [-0.4, -0.2) is 32.3 Å². The maximum atomic E-state index is 12.9. The molecular weight excluding hydrogens is 482 g/mol. The van der Waals surface area contributed by atoms with Crippen molar-refractivity contribution in [2.45, 2.75) is 44.9 Å². The van der Waals surface area contributed by atoms with Crippen molar-refractivity contribution in [2.75, 3.05) is 11.1 Å². The van der Waals surface area contributed by atoms with Crippen molar-refractivity contribution in [1.82, 2.24) is 20.1 Å². The molecule has 2 amide bonds. The highest BCUT2D eigenvalue weighted by atomic mass is 35.5. The van der Waals surface area contributed by atoms with E-state index in [1.54, 1.807) is 30.3 Å². The molecule has 3 rings (SSSR count). The van der Waals surface area contributed by atoms with Crippen molar-refractivity contribution < 1.29 is 9.59 Å². The summed E-state index contributed by atoms with van der Waals surface area (Å²) in [4.78, 5) is 25.5. The molecule has 0 saturated carbocycles. The van der Waals surface area contributed by atoms with E-state index in [4.69, 9.17) is 11.6 Å². The van der Waals surface area contributed by atoms with Crippen LogP contribution in [0.4, 0.5) is 5.69 Å². The van der Waals surface area contributed by atoms with Crippen molar-refractivity contribution in [3.63, 3.8) is 0 Å². The lowest BCUT2D eigenvalue weighted by molar-refractivity contribution is -0.113. The second-order valence-corrected chi connectivity index (χ2v) is 9.86. The first-order chi connectivity index (χ1) is 16.8. The molecule has 0 fully saturated rings. The van der Waals surface area contributed by atoms with Crippen molar-refractivity contribution in [3.05, 3.63) is 83.2 Å². The molecule has 1 atom stereocenters. The fraction of sp³-hybridized carbons (Fsp3) is 0.308. The predicted molar refractivity (Wildman–Crippen MR) is 142 cm³/mol. The Morgan fingerprint density at radius 3 is 2.57 bits per heavy atom. The van der Waals surface area contributed by atoms with Crippen LogP contribution in [0.5, 0.6) is 0 Å². The molecule has 1 unspecified atom stereocenters. The van der Waals surface area contributed by atoms with Gasteiger partial charge in [0.2, 0.25) is 5.91 Å². The number of nitrogens with one attached hydrogen (secondary N) is 2. The molecule has 184 valence electrons. The normalized spacial score (nSPS) is 11.8. The Kier molecular flexibility index (Phi) is 9.51. The molecule has 2 aromatic carbocycles. The number of nitrogens with zero attached hydrogens (tertiary/aromatic N) is 3. The van der Waals surface area contributed by atoms with Crippen LogP contribution in [0.15, 0.2) is 66.3 Å². The van der Waals surface area contributed by atoms with Gasteiger partial charge in [0.25, 0.3) is 5.91 Å². The Balaban J connectivity index is 1.77. The van der Waals surface area contributed by atoms with Crippen LogP contribution < -0.4 is 10.6 Å².